The molecule has 0 amide bonds. The first-order chi connectivity index (χ1) is 11.7. The third-order valence-electron chi connectivity index (χ3n) is 5.41. The van der Waals surface area contributed by atoms with Gasteiger partial charge >= 0.3 is 0 Å². The van der Waals surface area contributed by atoms with E-state index >= 15 is 0 Å². The Labute approximate surface area is 141 Å². The minimum absolute atomic E-state index is 0.912. The van der Waals surface area contributed by atoms with E-state index in [2.05, 4.69) is 72.6 Å². The average Bonchev–Trinajstić information content (AvgIpc) is 3.11. The van der Waals surface area contributed by atoms with Gasteiger partial charge in [-0.3, -0.25) is 4.57 Å². The Morgan fingerprint density at radius 2 is 2.04 bits per heavy atom. The number of hydrogen-bond acceptors (Lipinski definition) is 1. The highest BCUT2D eigenvalue weighted by Crippen LogP contribution is 2.37. The predicted octanol–water partition coefficient (Wildman–Crippen LogP) is 3.78. The van der Waals surface area contributed by atoms with Crippen LogP contribution in [0.5, 0.6) is 0 Å². The maximum atomic E-state index is 4.93. The molecule has 5 rings (SSSR count). The lowest BCUT2D eigenvalue weighted by molar-refractivity contribution is -0.644. The lowest BCUT2D eigenvalue weighted by atomic mass is 10.0. The van der Waals surface area contributed by atoms with Crippen molar-refractivity contribution in [2.75, 3.05) is 0 Å². The molecule has 0 N–H and O–H groups in total. The second kappa shape index (κ2) is 4.67. The second-order valence-electron chi connectivity index (χ2n) is 6.74. The van der Waals surface area contributed by atoms with Crippen molar-refractivity contribution < 1.29 is 4.57 Å². The van der Waals surface area contributed by atoms with E-state index in [1.807, 2.05) is 0 Å². The number of fused-ring (bicyclic) bond motifs is 7. The molecule has 1 aliphatic rings. The topological polar surface area (TPSA) is 21.7 Å². The van der Waals surface area contributed by atoms with Crippen LogP contribution in [0.3, 0.4) is 0 Å². The van der Waals surface area contributed by atoms with Gasteiger partial charge in [-0.25, -0.2) is 4.98 Å². The Hall–Kier alpha value is -2.68. The van der Waals surface area contributed by atoms with Crippen LogP contribution in [-0.4, -0.2) is 9.55 Å². The molecule has 3 heterocycles. The number of rotatable bonds is 1. The fourth-order valence-electron chi connectivity index (χ4n) is 4.22. The summed E-state index contributed by atoms with van der Waals surface area (Å²) in [6, 6.07) is 13.2. The number of benzene rings is 2. The third-order valence-corrected chi connectivity index (χ3v) is 5.41. The first kappa shape index (κ1) is 13.7. The summed E-state index contributed by atoms with van der Waals surface area (Å²) in [5.74, 6) is 1.16. The molecule has 118 valence electrons. The lowest BCUT2D eigenvalue weighted by Crippen LogP contribution is -2.29. The molecule has 2 aromatic heterocycles. The first-order valence-electron chi connectivity index (χ1n) is 8.59. The number of hydrogen-bond donors (Lipinski definition) is 0. The molecule has 0 fully saturated rings. The zero-order valence-electron chi connectivity index (χ0n) is 14.3. The molecule has 4 aromatic rings. The molecule has 2 aromatic carbocycles. The molecule has 0 saturated heterocycles. The van der Waals surface area contributed by atoms with E-state index in [1.54, 1.807) is 0 Å². The monoisotopic (exact) mass is 314 g/mol. The number of imidazole rings is 1. The van der Waals surface area contributed by atoms with Crippen LogP contribution in [0, 0.1) is 6.92 Å². The molecule has 1 aliphatic heterocycles. The molecule has 0 aliphatic carbocycles. The predicted molar refractivity (Wildman–Crippen MR) is 96.7 cm³/mol. The summed E-state index contributed by atoms with van der Waals surface area (Å²) >= 11 is 0. The third kappa shape index (κ3) is 1.62. The van der Waals surface area contributed by atoms with Crippen molar-refractivity contribution in [3.05, 3.63) is 65.1 Å². The van der Waals surface area contributed by atoms with Crippen LogP contribution in [-0.2, 0) is 19.9 Å². The second-order valence-corrected chi connectivity index (χ2v) is 6.74. The van der Waals surface area contributed by atoms with Gasteiger partial charge in [-0.15, -0.1) is 0 Å². The van der Waals surface area contributed by atoms with E-state index in [0.29, 0.717) is 0 Å². The van der Waals surface area contributed by atoms with Crippen LogP contribution in [0.15, 0.2) is 42.6 Å². The van der Waals surface area contributed by atoms with E-state index < -0.39 is 0 Å². The fraction of sp³-hybridized carbons (Fsp3) is 0.238. The Balaban J connectivity index is 1.98. The minimum Gasteiger partial charge on any atom is -0.289 e. The first-order valence-corrected chi connectivity index (χ1v) is 8.59. The van der Waals surface area contributed by atoms with Crippen molar-refractivity contribution in [1.29, 1.82) is 0 Å². The van der Waals surface area contributed by atoms with Gasteiger partial charge in [-0.1, -0.05) is 19.1 Å². The average molecular weight is 314 g/mol. The Morgan fingerprint density at radius 1 is 1.17 bits per heavy atom. The minimum atomic E-state index is 0.912. The van der Waals surface area contributed by atoms with Gasteiger partial charge in [-0.2, -0.15) is 4.57 Å². The van der Waals surface area contributed by atoms with Gasteiger partial charge in [0.05, 0.1) is 11.0 Å². The van der Waals surface area contributed by atoms with E-state index in [-0.39, 0.29) is 0 Å². The number of aryl methyl sites for hydroxylation is 3. The number of aromatic nitrogens is 3. The highest BCUT2D eigenvalue weighted by molar-refractivity contribution is 5.92. The van der Waals surface area contributed by atoms with Gasteiger partial charge in [-0.05, 0) is 48.2 Å². The van der Waals surface area contributed by atoms with Gasteiger partial charge in [0.15, 0.2) is 6.20 Å². The Kier molecular flexibility index (Phi) is 2.67. The molecule has 3 nitrogen and oxygen atoms in total. The smallest absolute Gasteiger partial charge is 0.236 e. The molecule has 24 heavy (non-hydrogen) atoms. The molecule has 0 saturated carbocycles. The van der Waals surface area contributed by atoms with Gasteiger partial charge in [0.2, 0.25) is 5.52 Å². The summed E-state index contributed by atoms with van der Waals surface area (Å²) in [5.41, 5.74) is 9.12. The van der Waals surface area contributed by atoms with Crippen LogP contribution in [0.25, 0.3) is 27.6 Å². The van der Waals surface area contributed by atoms with Crippen molar-refractivity contribution in [3.63, 3.8) is 0 Å². The van der Waals surface area contributed by atoms with Crippen LogP contribution in [0.4, 0.5) is 0 Å². The maximum absolute atomic E-state index is 4.93. The molecule has 0 radical (unpaired) electrons. The van der Waals surface area contributed by atoms with Crippen molar-refractivity contribution in [2.24, 2.45) is 7.05 Å². The quantitative estimate of drug-likeness (QED) is 0.432. The van der Waals surface area contributed by atoms with Gasteiger partial charge in [0.25, 0.3) is 0 Å². The van der Waals surface area contributed by atoms with E-state index in [9.17, 15) is 0 Å². The largest absolute Gasteiger partial charge is 0.289 e. The molecule has 0 bridgehead atoms. The Morgan fingerprint density at radius 3 is 2.88 bits per heavy atom. The van der Waals surface area contributed by atoms with Gasteiger partial charge in [0.1, 0.15) is 18.6 Å². The number of pyridine rings is 1. The molecular formula is C21H20N3+. The maximum Gasteiger partial charge on any atom is 0.236 e. The Bertz CT molecular complexity index is 1140. The van der Waals surface area contributed by atoms with Crippen LogP contribution < -0.4 is 4.57 Å². The van der Waals surface area contributed by atoms with E-state index in [1.165, 1.54) is 38.8 Å². The zero-order valence-corrected chi connectivity index (χ0v) is 14.3. The van der Waals surface area contributed by atoms with Crippen LogP contribution in [0.2, 0.25) is 0 Å². The molecule has 3 heteroatoms. The molecule has 0 unspecified atom stereocenters. The van der Waals surface area contributed by atoms with Crippen molar-refractivity contribution >= 4 is 21.9 Å². The van der Waals surface area contributed by atoms with Gasteiger partial charge < -0.3 is 0 Å². The van der Waals surface area contributed by atoms with Gasteiger partial charge in [0, 0.05) is 17.9 Å². The SMILES string of the molecule is CCc1ccc2nc3n(c2c1C)-c1c(ccc2ccc[n+](C)c12)C3. The summed E-state index contributed by atoms with van der Waals surface area (Å²) in [7, 11) is 2.13. The standard InChI is InChI=1S/C21H20N3/c1-4-14-9-10-17-19(13(14)2)24-18(22-17)12-16-8-7-15-6-5-11-23(3)20(15)21(16)24/h5-11H,4,12H2,1-3H3/q+1. The fourth-order valence-corrected chi connectivity index (χ4v) is 4.22. The highest BCUT2D eigenvalue weighted by Gasteiger charge is 2.29. The highest BCUT2D eigenvalue weighted by atomic mass is 15.1. The summed E-state index contributed by atoms with van der Waals surface area (Å²) in [4.78, 5) is 4.93. The molecule has 0 spiro atoms. The normalized spacial score (nSPS) is 12.8. The van der Waals surface area contributed by atoms with E-state index in [4.69, 9.17) is 4.98 Å². The van der Waals surface area contributed by atoms with Crippen molar-refractivity contribution in [3.8, 4) is 5.69 Å². The lowest BCUT2D eigenvalue weighted by Gasteiger charge is -2.10. The van der Waals surface area contributed by atoms with Crippen LogP contribution >= 0.6 is 0 Å². The zero-order chi connectivity index (χ0) is 16.4. The van der Waals surface area contributed by atoms with E-state index in [0.717, 1.165) is 24.2 Å². The molecule has 0 atom stereocenters. The number of nitrogens with zero attached hydrogens (tertiary/aromatic N) is 3. The van der Waals surface area contributed by atoms with Crippen molar-refractivity contribution in [2.45, 2.75) is 26.7 Å². The summed E-state index contributed by atoms with van der Waals surface area (Å²) < 4.78 is 4.63. The van der Waals surface area contributed by atoms with Crippen LogP contribution in [0.1, 0.15) is 29.4 Å². The summed E-state index contributed by atoms with van der Waals surface area (Å²) in [5, 5.41) is 1.28. The summed E-state index contributed by atoms with van der Waals surface area (Å²) in [6.45, 7) is 4.46. The molecular weight excluding hydrogens is 294 g/mol. The summed E-state index contributed by atoms with van der Waals surface area (Å²) in [6.07, 6.45) is 4.10. The van der Waals surface area contributed by atoms with Crippen molar-refractivity contribution in [1.82, 2.24) is 9.55 Å².